The molecular formula is C23H23ClN2O4. The van der Waals surface area contributed by atoms with Gasteiger partial charge in [0.15, 0.2) is 0 Å². The van der Waals surface area contributed by atoms with Crippen LogP contribution in [-0.2, 0) is 14.3 Å². The van der Waals surface area contributed by atoms with Crippen molar-refractivity contribution in [2.24, 2.45) is 0 Å². The van der Waals surface area contributed by atoms with Gasteiger partial charge in [-0.3, -0.25) is 19.3 Å². The zero-order valence-electron chi connectivity index (χ0n) is 16.9. The molecule has 0 aromatic heterocycles. The summed E-state index contributed by atoms with van der Waals surface area (Å²) in [4.78, 5) is 39.0. The van der Waals surface area contributed by atoms with Gasteiger partial charge in [0.25, 0.3) is 5.91 Å². The monoisotopic (exact) mass is 426 g/mol. The SMILES string of the molecule is C=C1c2ccccc2C(=O)N1CC(=O)NC(CC(=O)OC(C)C)c1ccccc1Cl. The zero-order valence-corrected chi connectivity index (χ0v) is 17.6. The largest absolute Gasteiger partial charge is 0.463 e. The number of carbonyl (C=O) groups is 3. The molecular weight excluding hydrogens is 404 g/mol. The lowest BCUT2D eigenvalue weighted by Crippen LogP contribution is -2.39. The van der Waals surface area contributed by atoms with E-state index in [9.17, 15) is 14.4 Å². The molecule has 1 heterocycles. The summed E-state index contributed by atoms with van der Waals surface area (Å²) in [7, 11) is 0. The van der Waals surface area contributed by atoms with Gasteiger partial charge in [-0.2, -0.15) is 0 Å². The molecule has 0 saturated heterocycles. The lowest BCUT2D eigenvalue weighted by molar-refractivity contribution is -0.148. The van der Waals surface area contributed by atoms with E-state index in [-0.39, 0.29) is 25.0 Å². The molecule has 1 atom stereocenters. The van der Waals surface area contributed by atoms with Crippen LogP contribution in [0.5, 0.6) is 0 Å². The van der Waals surface area contributed by atoms with Gasteiger partial charge in [0.1, 0.15) is 6.54 Å². The van der Waals surface area contributed by atoms with Crippen LogP contribution in [0, 0.1) is 0 Å². The minimum Gasteiger partial charge on any atom is -0.463 e. The first-order chi connectivity index (χ1) is 14.3. The minimum absolute atomic E-state index is 0.0806. The predicted molar refractivity (Wildman–Crippen MR) is 115 cm³/mol. The topological polar surface area (TPSA) is 75.7 Å². The summed E-state index contributed by atoms with van der Waals surface area (Å²) in [6.07, 6.45) is -0.355. The van der Waals surface area contributed by atoms with E-state index in [0.29, 0.717) is 27.4 Å². The van der Waals surface area contributed by atoms with Crippen LogP contribution in [0.1, 0.15) is 47.8 Å². The van der Waals surface area contributed by atoms with E-state index >= 15 is 0 Å². The van der Waals surface area contributed by atoms with Crippen LogP contribution in [0.15, 0.2) is 55.1 Å². The Morgan fingerprint density at radius 1 is 1.10 bits per heavy atom. The first-order valence-corrected chi connectivity index (χ1v) is 9.99. The Hall–Kier alpha value is -3.12. The molecule has 30 heavy (non-hydrogen) atoms. The quantitative estimate of drug-likeness (QED) is 0.680. The summed E-state index contributed by atoms with van der Waals surface area (Å²) in [5.74, 6) is -1.16. The number of rotatable bonds is 7. The number of carbonyl (C=O) groups excluding carboxylic acids is 3. The summed E-state index contributed by atoms with van der Waals surface area (Å²) in [5, 5.41) is 3.24. The Bertz CT molecular complexity index is 967. The standard InChI is InChI=1S/C23H23ClN2O4/c1-14(2)30-22(28)12-20(18-10-6-7-11-19(18)24)25-21(27)13-26-15(3)16-8-4-5-9-17(16)23(26)29/h4-11,14,20H,3,12-13H2,1-2H3,(H,25,27). The summed E-state index contributed by atoms with van der Waals surface area (Å²) in [5.41, 5.74) is 2.29. The normalized spacial score (nSPS) is 13.9. The van der Waals surface area contributed by atoms with Crippen molar-refractivity contribution in [2.45, 2.75) is 32.4 Å². The third kappa shape index (κ3) is 4.71. The molecule has 0 bridgehead atoms. The van der Waals surface area contributed by atoms with E-state index in [2.05, 4.69) is 11.9 Å². The number of esters is 1. The third-order valence-corrected chi connectivity index (χ3v) is 5.04. The smallest absolute Gasteiger partial charge is 0.308 e. The van der Waals surface area contributed by atoms with E-state index in [4.69, 9.17) is 16.3 Å². The highest BCUT2D eigenvalue weighted by atomic mass is 35.5. The highest BCUT2D eigenvalue weighted by molar-refractivity contribution is 6.31. The molecule has 0 aliphatic carbocycles. The maximum Gasteiger partial charge on any atom is 0.308 e. The lowest BCUT2D eigenvalue weighted by atomic mass is 10.0. The van der Waals surface area contributed by atoms with E-state index in [0.717, 1.165) is 0 Å². The van der Waals surface area contributed by atoms with Crippen molar-refractivity contribution < 1.29 is 19.1 Å². The molecule has 1 unspecified atom stereocenters. The number of amides is 2. The highest BCUT2D eigenvalue weighted by Gasteiger charge is 2.32. The van der Waals surface area contributed by atoms with Gasteiger partial charge in [0.2, 0.25) is 5.91 Å². The van der Waals surface area contributed by atoms with Crippen molar-refractivity contribution in [3.05, 3.63) is 76.8 Å². The van der Waals surface area contributed by atoms with Crippen molar-refractivity contribution in [2.75, 3.05) is 6.54 Å². The molecule has 2 aromatic carbocycles. The van der Waals surface area contributed by atoms with Crippen molar-refractivity contribution in [3.63, 3.8) is 0 Å². The van der Waals surface area contributed by atoms with Gasteiger partial charge in [0.05, 0.1) is 18.6 Å². The maximum atomic E-state index is 12.8. The summed E-state index contributed by atoms with van der Waals surface area (Å²) >= 11 is 6.29. The van der Waals surface area contributed by atoms with Gasteiger partial charge in [-0.25, -0.2) is 0 Å². The molecule has 0 radical (unpaired) electrons. The Morgan fingerprint density at radius 3 is 2.37 bits per heavy atom. The van der Waals surface area contributed by atoms with Crippen LogP contribution < -0.4 is 5.32 Å². The zero-order chi connectivity index (χ0) is 21.8. The van der Waals surface area contributed by atoms with Crippen LogP contribution in [0.25, 0.3) is 5.70 Å². The fourth-order valence-corrected chi connectivity index (χ4v) is 3.63. The molecule has 1 N–H and O–H groups in total. The Kier molecular flexibility index (Phi) is 6.57. The Balaban J connectivity index is 1.75. The second-order valence-electron chi connectivity index (χ2n) is 7.27. The van der Waals surface area contributed by atoms with E-state index in [1.165, 1.54) is 4.90 Å². The van der Waals surface area contributed by atoms with Crippen molar-refractivity contribution in [1.82, 2.24) is 10.2 Å². The molecule has 1 aliphatic heterocycles. The van der Waals surface area contributed by atoms with E-state index in [1.54, 1.807) is 56.3 Å². The highest BCUT2D eigenvalue weighted by Crippen LogP contribution is 2.31. The van der Waals surface area contributed by atoms with Crippen LogP contribution in [0.2, 0.25) is 5.02 Å². The molecule has 3 rings (SSSR count). The minimum atomic E-state index is -0.689. The molecule has 1 aliphatic rings. The van der Waals surface area contributed by atoms with Crippen molar-refractivity contribution in [3.8, 4) is 0 Å². The second kappa shape index (κ2) is 9.13. The number of ether oxygens (including phenoxy) is 1. The maximum absolute atomic E-state index is 12.8. The van der Waals surface area contributed by atoms with E-state index in [1.807, 2.05) is 6.07 Å². The number of nitrogens with zero attached hydrogens (tertiary/aromatic N) is 1. The molecule has 2 amide bonds. The molecule has 156 valence electrons. The molecule has 2 aromatic rings. The van der Waals surface area contributed by atoms with Crippen LogP contribution in [0.4, 0.5) is 0 Å². The second-order valence-corrected chi connectivity index (χ2v) is 7.68. The molecule has 0 spiro atoms. The van der Waals surface area contributed by atoms with Crippen molar-refractivity contribution >= 4 is 35.1 Å². The first-order valence-electron chi connectivity index (χ1n) is 9.61. The third-order valence-electron chi connectivity index (χ3n) is 4.69. The number of halogens is 1. The number of fused-ring (bicyclic) bond motifs is 1. The van der Waals surface area contributed by atoms with Gasteiger partial charge in [-0.15, -0.1) is 0 Å². The fraction of sp³-hybridized carbons (Fsp3) is 0.261. The van der Waals surface area contributed by atoms with Gasteiger partial charge in [-0.05, 0) is 31.5 Å². The van der Waals surface area contributed by atoms with Crippen LogP contribution in [0.3, 0.4) is 0 Å². The summed E-state index contributed by atoms with van der Waals surface area (Å²) in [6, 6.07) is 13.4. The van der Waals surface area contributed by atoms with Crippen LogP contribution in [-0.4, -0.2) is 35.3 Å². The Morgan fingerprint density at radius 2 is 1.73 bits per heavy atom. The number of hydrogen-bond donors (Lipinski definition) is 1. The average Bonchev–Trinajstić information content (AvgIpc) is 2.92. The molecule has 0 saturated carbocycles. The van der Waals surface area contributed by atoms with E-state index < -0.39 is 17.9 Å². The lowest BCUT2D eigenvalue weighted by Gasteiger charge is -2.23. The first kappa shape index (κ1) is 21.6. The average molecular weight is 427 g/mol. The van der Waals surface area contributed by atoms with Crippen molar-refractivity contribution in [1.29, 1.82) is 0 Å². The number of nitrogens with one attached hydrogen (secondary N) is 1. The van der Waals surface area contributed by atoms with Gasteiger partial charge < -0.3 is 10.1 Å². The molecule has 7 heteroatoms. The summed E-state index contributed by atoms with van der Waals surface area (Å²) in [6.45, 7) is 7.23. The fourth-order valence-electron chi connectivity index (χ4n) is 3.36. The van der Waals surface area contributed by atoms with Gasteiger partial charge in [-0.1, -0.05) is 54.6 Å². The van der Waals surface area contributed by atoms with Crippen LogP contribution >= 0.6 is 11.6 Å². The number of benzene rings is 2. The number of hydrogen-bond acceptors (Lipinski definition) is 4. The van der Waals surface area contributed by atoms with Gasteiger partial charge >= 0.3 is 5.97 Å². The Labute approximate surface area is 180 Å². The van der Waals surface area contributed by atoms with Gasteiger partial charge in [0, 0.05) is 21.8 Å². The molecule has 0 fully saturated rings. The predicted octanol–water partition coefficient (Wildman–Crippen LogP) is 3.97. The molecule has 6 nitrogen and oxygen atoms in total. The summed E-state index contributed by atoms with van der Waals surface area (Å²) < 4.78 is 5.22.